The van der Waals surface area contributed by atoms with E-state index in [1.165, 1.54) is 38.2 Å². The van der Waals surface area contributed by atoms with Gasteiger partial charge >= 0.3 is 0 Å². The SMILES string of the molecule is CC1=C\CCCCc2c(sc(C)c2I)/C=N\1. The summed E-state index contributed by atoms with van der Waals surface area (Å²) in [5, 5.41) is 0. The number of aryl methyl sites for hydroxylation is 1. The van der Waals surface area contributed by atoms with Gasteiger partial charge in [-0.2, -0.15) is 0 Å². The van der Waals surface area contributed by atoms with E-state index >= 15 is 0 Å². The third-order valence-corrected chi connectivity index (χ3v) is 5.75. The molecular weight excluding hydrogens is 329 g/mol. The minimum absolute atomic E-state index is 1.15. The highest BCUT2D eigenvalue weighted by Gasteiger charge is 2.12. The molecule has 0 aromatic carbocycles. The monoisotopic (exact) mass is 345 g/mol. The van der Waals surface area contributed by atoms with E-state index in [-0.39, 0.29) is 0 Å². The highest BCUT2D eigenvalue weighted by Crippen LogP contribution is 2.30. The second-order valence-electron chi connectivity index (χ2n) is 4.16. The van der Waals surface area contributed by atoms with E-state index in [1.54, 1.807) is 0 Å². The van der Waals surface area contributed by atoms with Crippen LogP contribution in [0.4, 0.5) is 0 Å². The zero-order valence-corrected chi connectivity index (χ0v) is 12.7. The number of allylic oxidation sites excluding steroid dienone is 2. The molecule has 1 aromatic rings. The molecule has 0 radical (unpaired) electrons. The molecule has 0 unspecified atom stereocenters. The van der Waals surface area contributed by atoms with Gasteiger partial charge in [-0.15, -0.1) is 11.3 Å². The maximum atomic E-state index is 4.52. The summed E-state index contributed by atoms with van der Waals surface area (Å²) in [4.78, 5) is 7.31. The first-order chi connectivity index (χ1) is 7.68. The average Bonchev–Trinajstić information content (AvgIpc) is 2.53. The van der Waals surface area contributed by atoms with Gasteiger partial charge in [0.15, 0.2) is 0 Å². The Kier molecular flexibility index (Phi) is 4.19. The van der Waals surface area contributed by atoms with Crippen molar-refractivity contribution in [1.29, 1.82) is 0 Å². The molecule has 16 heavy (non-hydrogen) atoms. The fourth-order valence-electron chi connectivity index (χ4n) is 1.90. The Morgan fingerprint density at radius 1 is 1.31 bits per heavy atom. The fourth-order valence-corrected chi connectivity index (χ4v) is 3.95. The molecule has 1 aliphatic rings. The van der Waals surface area contributed by atoms with E-state index in [4.69, 9.17) is 0 Å². The van der Waals surface area contributed by atoms with Crippen LogP contribution in [0.3, 0.4) is 0 Å². The lowest BCUT2D eigenvalue weighted by atomic mass is 10.1. The first-order valence-corrected chi connectivity index (χ1v) is 7.56. The summed E-state index contributed by atoms with van der Waals surface area (Å²) in [5.41, 5.74) is 2.66. The third kappa shape index (κ3) is 2.74. The lowest BCUT2D eigenvalue weighted by molar-refractivity contribution is 0.743. The average molecular weight is 345 g/mol. The summed E-state index contributed by atoms with van der Waals surface area (Å²) >= 11 is 4.35. The molecule has 3 heteroatoms. The summed E-state index contributed by atoms with van der Waals surface area (Å²) in [6, 6.07) is 0. The zero-order valence-electron chi connectivity index (χ0n) is 9.72. The van der Waals surface area contributed by atoms with Gasteiger partial charge in [0.25, 0.3) is 0 Å². The molecule has 0 aliphatic carbocycles. The molecule has 86 valence electrons. The molecular formula is C13H16INS. The van der Waals surface area contributed by atoms with E-state index in [2.05, 4.69) is 47.5 Å². The maximum absolute atomic E-state index is 4.52. The first kappa shape index (κ1) is 12.3. The Bertz CT molecular complexity index is 443. The van der Waals surface area contributed by atoms with Crippen molar-refractivity contribution in [2.24, 2.45) is 4.99 Å². The number of hydrogen-bond donors (Lipinski definition) is 0. The molecule has 2 heterocycles. The van der Waals surface area contributed by atoms with Crippen LogP contribution in [0.15, 0.2) is 16.8 Å². The van der Waals surface area contributed by atoms with Crippen LogP contribution in [-0.2, 0) is 6.42 Å². The molecule has 0 atom stereocenters. The lowest BCUT2D eigenvalue weighted by Crippen LogP contribution is -1.93. The van der Waals surface area contributed by atoms with Crippen LogP contribution >= 0.6 is 33.9 Å². The summed E-state index contributed by atoms with van der Waals surface area (Å²) in [6.07, 6.45) is 9.22. The minimum Gasteiger partial charge on any atom is -0.260 e. The van der Waals surface area contributed by atoms with E-state index in [0.29, 0.717) is 0 Å². The van der Waals surface area contributed by atoms with Gasteiger partial charge < -0.3 is 0 Å². The second-order valence-corrected chi connectivity index (χ2v) is 6.50. The van der Waals surface area contributed by atoms with Crippen molar-refractivity contribution >= 4 is 40.1 Å². The van der Waals surface area contributed by atoms with Gasteiger partial charge in [-0.25, -0.2) is 0 Å². The lowest BCUT2D eigenvalue weighted by Gasteiger charge is -2.04. The van der Waals surface area contributed by atoms with Crippen molar-refractivity contribution < 1.29 is 0 Å². The highest BCUT2D eigenvalue weighted by molar-refractivity contribution is 14.1. The molecule has 0 saturated heterocycles. The van der Waals surface area contributed by atoms with Crippen LogP contribution < -0.4 is 0 Å². The smallest absolute Gasteiger partial charge is 0.0499 e. The number of hydrogen-bond acceptors (Lipinski definition) is 2. The summed E-state index contributed by atoms with van der Waals surface area (Å²) in [7, 11) is 0. The number of rotatable bonds is 0. The molecule has 0 bridgehead atoms. The third-order valence-electron chi connectivity index (χ3n) is 2.84. The van der Waals surface area contributed by atoms with Gasteiger partial charge in [-0.1, -0.05) is 6.08 Å². The molecule has 0 saturated carbocycles. The van der Waals surface area contributed by atoms with Crippen LogP contribution in [0.5, 0.6) is 0 Å². The van der Waals surface area contributed by atoms with Crippen LogP contribution in [0, 0.1) is 10.5 Å². The van der Waals surface area contributed by atoms with Crippen LogP contribution in [-0.4, -0.2) is 6.21 Å². The molecule has 0 N–H and O–H groups in total. The van der Waals surface area contributed by atoms with Gasteiger partial charge in [0, 0.05) is 25.2 Å². The van der Waals surface area contributed by atoms with Crippen LogP contribution in [0.1, 0.15) is 41.5 Å². The maximum Gasteiger partial charge on any atom is 0.0499 e. The Labute approximate surface area is 115 Å². The molecule has 1 aliphatic heterocycles. The molecule has 1 nitrogen and oxygen atoms in total. The van der Waals surface area contributed by atoms with E-state index in [1.807, 2.05) is 17.6 Å². The Hall–Kier alpha value is -0.160. The minimum atomic E-state index is 1.15. The standard InChI is InChI=1S/C13H16INS/c1-9-6-4-3-5-7-11-12(8-15-9)16-10(2)13(11)14/h6,8H,3-5,7H2,1-2H3/b9-6+,15-8-. The highest BCUT2D eigenvalue weighted by atomic mass is 127. The molecule has 2 rings (SSSR count). The van der Waals surface area contributed by atoms with E-state index in [0.717, 1.165) is 12.1 Å². The van der Waals surface area contributed by atoms with Crippen molar-refractivity contribution in [2.75, 3.05) is 0 Å². The van der Waals surface area contributed by atoms with Gasteiger partial charge in [0.1, 0.15) is 0 Å². The van der Waals surface area contributed by atoms with Crippen molar-refractivity contribution in [3.63, 3.8) is 0 Å². The second kappa shape index (κ2) is 5.45. The molecule has 0 amide bonds. The van der Waals surface area contributed by atoms with E-state index < -0.39 is 0 Å². The van der Waals surface area contributed by atoms with E-state index in [9.17, 15) is 0 Å². The van der Waals surface area contributed by atoms with Crippen LogP contribution in [0.2, 0.25) is 0 Å². The van der Waals surface area contributed by atoms with Gasteiger partial charge in [0.05, 0.1) is 0 Å². The first-order valence-electron chi connectivity index (χ1n) is 5.67. The predicted octanol–water partition coefficient (Wildman–Crippen LogP) is 4.71. The number of halogens is 1. The predicted molar refractivity (Wildman–Crippen MR) is 80.7 cm³/mol. The summed E-state index contributed by atoms with van der Waals surface area (Å²) in [6.45, 7) is 4.29. The normalized spacial score (nSPS) is 22.1. The largest absolute Gasteiger partial charge is 0.260 e. The van der Waals surface area contributed by atoms with Crippen molar-refractivity contribution in [2.45, 2.75) is 39.5 Å². The van der Waals surface area contributed by atoms with Crippen molar-refractivity contribution in [3.05, 3.63) is 30.7 Å². The van der Waals surface area contributed by atoms with Gasteiger partial charge in [0.2, 0.25) is 0 Å². The quantitative estimate of drug-likeness (QED) is 0.604. The molecule has 1 aromatic heterocycles. The Morgan fingerprint density at radius 2 is 2.12 bits per heavy atom. The number of fused-ring (bicyclic) bond motifs is 1. The number of thiophene rings is 1. The molecule has 0 spiro atoms. The fraction of sp³-hybridized carbons (Fsp3) is 0.462. The zero-order chi connectivity index (χ0) is 11.5. The van der Waals surface area contributed by atoms with Crippen molar-refractivity contribution in [1.82, 2.24) is 0 Å². The van der Waals surface area contributed by atoms with Crippen LogP contribution in [0.25, 0.3) is 0 Å². The van der Waals surface area contributed by atoms with Crippen molar-refractivity contribution in [3.8, 4) is 0 Å². The summed E-state index contributed by atoms with van der Waals surface area (Å²) < 4.78 is 1.45. The number of aliphatic imine (C=N–C) groups is 1. The Balaban J connectivity index is 2.40. The van der Waals surface area contributed by atoms with Gasteiger partial charge in [-0.3, -0.25) is 4.99 Å². The topological polar surface area (TPSA) is 12.4 Å². The van der Waals surface area contributed by atoms with Gasteiger partial charge in [-0.05, 0) is 67.7 Å². The summed E-state index contributed by atoms with van der Waals surface area (Å²) in [5.74, 6) is 0. The molecule has 0 fully saturated rings. The Morgan fingerprint density at radius 3 is 2.94 bits per heavy atom. The number of nitrogens with zero attached hydrogens (tertiary/aromatic N) is 1.